The second kappa shape index (κ2) is 5.40. The number of hydrogen-bond acceptors (Lipinski definition) is 3. The molecule has 4 saturated carbocycles. The van der Waals surface area contributed by atoms with Crippen molar-refractivity contribution < 1.29 is 0 Å². The molecule has 4 bridgehead atoms. The van der Waals surface area contributed by atoms with Crippen molar-refractivity contribution in [2.75, 3.05) is 0 Å². The van der Waals surface area contributed by atoms with E-state index in [-0.39, 0.29) is 0 Å². The summed E-state index contributed by atoms with van der Waals surface area (Å²) >= 11 is 0. The molecule has 116 valence electrons. The molecule has 0 radical (unpaired) electrons. The van der Waals surface area contributed by atoms with Crippen LogP contribution in [0.25, 0.3) is 0 Å². The molecule has 0 saturated heterocycles. The Bertz CT molecular complexity index is 467. The Hall–Kier alpha value is -0.870. The van der Waals surface area contributed by atoms with E-state index in [9.17, 15) is 0 Å². The van der Waals surface area contributed by atoms with E-state index in [2.05, 4.69) is 16.7 Å². The summed E-state index contributed by atoms with van der Waals surface area (Å²) in [5.74, 6) is 10.7. The minimum Gasteiger partial charge on any atom is -0.276 e. The quantitative estimate of drug-likeness (QED) is 0.645. The maximum absolute atomic E-state index is 5.95. The molecule has 1 heterocycles. The van der Waals surface area contributed by atoms with Crippen LogP contribution >= 0.6 is 0 Å². The van der Waals surface area contributed by atoms with Crippen LogP contribution < -0.4 is 11.3 Å². The normalized spacial score (nSPS) is 38.9. The molecule has 21 heavy (non-hydrogen) atoms. The first kappa shape index (κ1) is 13.8. The standard InChI is InChI=1S/C17H28N4/c1-21-10-11(9-19-21)2-3-16(20-18)17-14-5-12-4-13(7-14)8-15(17)6-12/h9-10,12-17,20H,2-8,18H2,1H3. The topological polar surface area (TPSA) is 55.9 Å². The van der Waals surface area contributed by atoms with Crippen molar-refractivity contribution in [3.05, 3.63) is 18.0 Å². The Morgan fingerprint density at radius 3 is 2.43 bits per heavy atom. The largest absolute Gasteiger partial charge is 0.276 e. The minimum atomic E-state index is 0.486. The highest BCUT2D eigenvalue weighted by molar-refractivity contribution is 5.06. The van der Waals surface area contributed by atoms with Crippen molar-refractivity contribution in [3.63, 3.8) is 0 Å². The Kier molecular flexibility index (Phi) is 3.54. The van der Waals surface area contributed by atoms with E-state index in [1.54, 1.807) is 0 Å². The van der Waals surface area contributed by atoms with Gasteiger partial charge in [0.1, 0.15) is 0 Å². The maximum Gasteiger partial charge on any atom is 0.0521 e. The molecule has 0 amide bonds. The third-order valence-electron chi connectivity index (χ3n) is 6.48. The number of nitrogens with zero attached hydrogens (tertiary/aromatic N) is 2. The van der Waals surface area contributed by atoms with Gasteiger partial charge in [0.05, 0.1) is 6.20 Å². The number of aryl methyl sites for hydroxylation is 2. The van der Waals surface area contributed by atoms with Crippen molar-refractivity contribution in [1.29, 1.82) is 0 Å². The van der Waals surface area contributed by atoms with Crippen molar-refractivity contribution >= 4 is 0 Å². The second-order valence-electron chi connectivity index (χ2n) is 7.84. The molecule has 5 rings (SSSR count). The molecule has 4 aliphatic rings. The zero-order valence-electron chi connectivity index (χ0n) is 13.0. The first-order chi connectivity index (χ1) is 10.2. The van der Waals surface area contributed by atoms with Crippen molar-refractivity contribution in [1.82, 2.24) is 15.2 Å². The predicted octanol–water partition coefficient (Wildman–Crippen LogP) is 2.26. The van der Waals surface area contributed by atoms with Crippen LogP contribution in [0.1, 0.15) is 44.1 Å². The fourth-order valence-electron chi connectivity index (χ4n) is 5.93. The van der Waals surface area contributed by atoms with Gasteiger partial charge >= 0.3 is 0 Å². The summed E-state index contributed by atoms with van der Waals surface area (Å²) in [5, 5.41) is 4.27. The molecule has 0 aliphatic heterocycles. The molecule has 1 aromatic rings. The van der Waals surface area contributed by atoms with Gasteiger partial charge in [-0.3, -0.25) is 16.0 Å². The number of hydrazine groups is 1. The summed E-state index contributed by atoms with van der Waals surface area (Å²) < 4.78 is 1.89. The fourth-order valence-corrected chi connectivity index (χ4v) is 5.93. The molecule has 1 aromatic heterocycles. The van der Waals surface area contributed by atoms with E-state index in [0.717, 1.165) is 42.4 Å². The van der Waals surface area contributed by atoms with Gasteiger partial charge in [-0.2, -0.15) is 5.10 Å². The molecular weight excluding hydrogens is 260 g/mol. The zero-order chi connectivity index (χ0) is 14.4. The number of rotatable bonds is 5. The van der Waals surface area contributed by atoms with Gasteiger partial charge < -0.3 is 0 Å². The molecule has 3 N–H and O–H groups in total. The van der Waals surface area contributed by atoms with Crippen LogP contribution in [-0.4, -0.2) is 15.8 Å². The van der Waals surface area contributed by atoms with Crippen LogP contribution in [0.3, 0.4) is 0 Å². The first-order valence-electron chi connectivity index (χ1n) is 8.66. The van der Waals surface area contributed by atoms with E-state index < -0.39 is 0 Å². The van der Waals surface area contributed by atoms with Gasteiger partial charge in [0, 0.05) is 19.3 Å². The molecule has 4 heteroatoms. The van der Waals surface area contributed by atoms with Gasteiger partial charge in [0.15, 0.2) is 0 Å². The summed E-state index contributed by atoms with van der Waals surface area (Å²) in [7, 11) is 1.99. The highest BCUT2D eigenvalue weighted by Gasteiger charge is 2.50. The lowest BCUT2D eigenvalue weighted by atomic mass is 9.50. The van der Waals surface area contributed by atoms with Crippen LogP contribution in [-0.2, 0) is 13.5 Å². The summed E-state index contributed by atoms with van der Waals surface area (Å²) in [4.78, 5) is 0. The number of hydrogen-bond donors (Lipinski definition) is 2. The summed E-state index contributed by atoms with van der Waals surface area (Å²) in [6, 6.07) is 0.486. The smallest absolute Gasteiger partial charge is 0.0521 e. The second-order valence-corrected chi connectivity index (χ2v) is 7.84. The molecule has 0 aromatic carbocycles. The van der Waals surface area contributed by atoms with Gasteiger partial charge in [0.25, 0.3) is 0 Å². The molecule has 1 atom stereocenters. The van der Waals surface area contributed by atoms with Gasteiger partial charge in [-0.25, -0.2) is 0 Å². The minimum absolute atomic E-state index is 0.486. The number of nitrogens with one attached hydrogen (secondary N) is 1. The van der Waals surface area contributed by atoms with E-state index in [1.807, 2.05) is 17.9 Å². The van der Waals surface area contributed by atoms with Crippen molar-refractivity contribution in [3.8, 4) is 0 Å². The third kappa shape index (κ3) is 2.53. The Morgan fingerprint density at radius 2 is 1.90 bits per heavy atom. The van der Waals surface area contributed by atoms with Gasteiger partial charge in [-0.1, -0.05) is 0 Å². The van der Waals surface area contributed by atoms with Crippen LogP contribution in [0.2, 0.25) is 0 Å². The van der Waals surface area contributed by atoms with Crippen LogP contribution in [0, 0.1) is 29.6 Å². The highest BCUT2D eigenvalue weighted by Crippen LogP contribution is 2.57. The molecule has 0 spiro atoms. The lowest BCUT2D eigenvalue weighted by Crippen LogP contribution is -2.54. The first-order valence-corrected chi connectivity index (χ1v) is 8.66. The summed E-state index contributed by atoms with van der Waals surface area (Å²) in [6.07, 6.45) is 13.8. The molecule has 4 fully saturated rings. The van der Waals surface area contributed by atoms with Crippen molar-refractivity contribution in [2.45, 2.75) is 51.0 Å². The fraction of sp³-hybridized carbons (Fsp3) is 0.824. The average molecular weight is 288 g/mol. The Morgan fingerprint density at radius 1 is 1.24 bits per heavy atom. The monoisotopic (exact) mass is 288 g/mol. The van der Waals surface area contributed by atoms with Crippen LogP contribution in [0.15, 0.2) is 12.4 Å². The summed E-state index contributed by atoms with van der Waals surface area (Å²) in [5.41, 5.74) is 4.51. The van der Waals surface area contributed by atoms with Gasteiger partial charge in [-0.15, -0.1) is 0 Å². The molecule has 4 aliphatic carbocycles. The van der Waals surface area contributed by atoms with Crippen molar-refractivity contribution in [2.24, 2.45) is 42.5 Å². The molecule has 4 nitrogen and oxygen atoms in total. The van der Waals surface area contributed by atoms with E-state index in [1.165, 1.54) is 37.7 Å². The van der Waals surface area contributed by atoms with E-state index in [0.29, 0.717) is 6.04 Å². The molecule has 1 unspecified atom stereocenters. The van der Waals surface area contributed by atoms with Crippen LogP contribution in [0.4, 0.5) is 0 Å². The van der Waals surface area contributed by atoms with Crippen LogP contribution in [0.5, 0.6) is 0 Å². The van der Waals surface area contributed by atoms with Gasteiger partial charge in [0.2, 0.25) is 0 Å². The number of nitrogens with two attached hydrogens (primary N) is 1. The SMILES string of the molecule is Cn1cc(CCC(NN)C2C3CC4CC(C3)CC2C4)cn1. The zero-order valence-corrected chi connectivity index (χ0v) is 13.0. The Labute approximate surface area is 127 Å². The predicted molar refractivity (Wildman–Crippen MR) is 83.2 cm³/mol. The lowest BCUT2D eigenvalue weighted by molar-refractivity contribution is -0.0529. The lowest BCUT2D eigenvalue weighted by Gasteiger charge is -2.56. The van der Waals surface area contributed by atoms with E-state index in [4.69, 9.17) is 5.84 Å². The van der Waals surface area contributed by atoms with Gasteiger partial charge in [-0.05, 0) is 80.1 Å². The third-order valence-corrected chi connectivity index (χ3v) is 6.48. The maximum atomic E-state index is 5.95. The number of aromatic nitrogens is 2. The molecular formula is C17H28N4. The average Bonchev–Trinajstić information content (AvgIpc) is 2.86. The summed E-state index contributed by atoms with van der Waals surface area (Å²) in [6.45, 7) is 0. The van der Waals surface area contributed by atoms with E-state index >= 15 is 0 Å². The highest BCUT2D eigenvalue weighted by atomic mass is 15.2. The Balaban J connectivity index is 1.43.